The number of hydrogen-bond acceptors (Lipinski definition) is 16. The molecule has 0 unspecified atom stereocenters. The van der Waals surface area contributed by atoms with Gasteiger partial charge in [-0.3, -0.25) is 19.2 Å². The van der Waals surface area contributed by atoms with Gasteiger partial charge in [0.25, 0.3) is 0 Å². The Labute approximate surface area is 418 Å². The van der Waals surface area contributed by atoms with Crippen LogP contribution >= 0.6 is 0 Å². The lowest BCUT2D eigenvalue weighted by molar-refractivity contribution is -0.225. The molecule has 0 spiro atoms. The molecule has 21 heteroatoms. The zero-order valence-corrected chi connectivity index (χ0v) is 43.8. The molecule has 6 N–H and O–H groups in total. The Balaban J connectivity index is 0.000000250. The van der Waals surface area contributed by atoms with Crippen molar-refractivity contribution in [1.29, 1.82) is 0 Å². The van der Waals surface area contributed by atoms with Crippen molar-refractivity contribution in [2.24, 2.45) is 63.0 Å². The standard InChI is InChI=1S/C22H30N2O6.C22H30O6.2CH4.S7/c1-11-6-16-20(28,18(11)27)9-14(10-25)7-15-17-19(4,5)23-24-21(17,30-13(3)26)8-12(2)22(15,16)29;1-11-6-16-20(26,18(11)25)9-14(10-23)7-15-17-19(4,5)21(17,28-13(3)24)8-12(2)22(15,16)27;;;1-3-5-7-6-4-2/h6-7,12,15-17,25,28-29H,8-10H2,1-5H3;6-7,12,15-17,23,26-27H,8-10H2,1-5H3;2*1H4;/t2*12-,15+,16-,17-,20-,21+,22-;;;/m11.../s1. The average Bonchev–Trinajstić information content (AvgIpc) is 3.33. The molecule has 376 valence electrons. The number of esters is 2. The summed E-state index contributed by atoms with van der Waals surface area (Å²) < 4.78 is 11.6. The molecule has 1 heterocycles. The quantitative estimate of drug-likeness (QED) is 0.169. The number of hydrogen-bond donors (Lipinski definition) is 6. The van der Waals surface area contributed by atoms with Crippen LogP contribution in [0.2, 0.25) is 0 Å². The Morgan fingerprint density at radius 2 is 1.10 bits per heavy atom. The maximum Gasteiger partial charge on any atom is 0.304 e. The molecule has 14 atom stereocenters. The van der Waals surface area contributed by atoms with Crippen molar-refractivity contribution in [2.75, 3.05) is 13.2 Å². The van der Waals surface area contributed by atoms with Crippen LogP contribution in [-0.4, -0.2) is 107 Å². The molecule has 14 nitrogen and oxygen atoms in total. The number of carbonyl (C=O) groups is 4. The van der Waals surface area contributed by atoms with Gasteiger partial charge >= 0.3 is 11.9 Å². The first-order valence-electron chi connectivity index (χ1n) is 21.5. The largest absolute Gasteiger partial charge is 0.458 e. The minimum absolute atomic E-state index is 0. The van der Waals surface area contributed by atoms with Crippen molar-refractivity contribution < 1.29 is 59.3 Å². The van der Waals surface area contributed by atoms with Gasteiger partial charge in [0, 0.05) is 135 Å². The van der Waals surface area contributed by atoms with E-state index in [0.717, 1.165) is 0 Å². The summed E-state index contributed by atoms with van der Waals surface area (Å²) in [6.45, 7) is 16.9. The number of carbonyl (C=O) groups excluding carboxylic acids is 4. The third-order valence-electron chi connectivity index (χ3n) is 15.9. The Morgan fingerprint density at radius 3 is 1.51 bits per heavy atom. The molecule has 8 aliphatic rings. The molecular weight excluding hydrogens is 997 g/mol. The lowest BCUT2D eigenvalue weighted by Gasteiger charge is -2.56. The van der Waals surface area contributed by atoms with Gasteiger partial charge in [0.15, 0.2) is 11.6 Å². The fourth-order valence-electron chi connectivity index (χ4n) is 13.4. The van der Waals surface area contributed by atoms with E-state index in [0.29, 0.717) is 28.7 Å². The third kappa shape index (κ3) is 8.97. The van der Waals surface area contributed by atoms with Crippen molar-refractivity contribution in [3.05, 3.63) is 46.6 Å². The summed E-state index contributed by atoms with van der Waals surface area (Å²) in [5.41, 5.74) is -7.67. The second-order valence-corrected chi connectivity index (χ2v) is 29.2. The normalized spacial score (nSPS) is 41.7. The molecule has 0 aromatic carbocycles. The summed E-state index contributed by atoms with van der Waals surface area (Å²) in [5, 5.41) is 75.9. The van der Waals surface area contributed by atoms with Crippen LogP contribution in [-0.2, 0) is 95.4 Å². The first kappa shape index (κ1) is 57.7. The molecule has 7 aliphatic carbocycles. The number of ether oxygens (including phenoxy) is 2. The van der Waals surface area contributed by atoms with Gasteiger partial charge in [-0.2, -0.15) is 5.11 Å². The van der Waals surface area contributed by atoms with Crippen LogP contribution in [0.5, 0.6) is 0 Å². The number of fused-ring (bicyclic) bond motifs is 10. The van der Waals surface area contributed by atoms with Gasteiger partial charge in [0.1, 0.15) is 16.8 Å². The molecule has 0 aromatic heterocycles. The van der Waals surface area contributed by atoms with Crippen LogP contribution in [0.15, 0.2) is 56.8 Å². The Hall–Kier alpha value is -1.86. The molecule has 0 radical (unpaired) electrons. The van der Waals surface area contributed by atoms with Crippen molar-refractivity contribution in [3.8, 4) is 0 Å². The van der Waals surface area contributed by atoms with Gasteiger partial charge in [0.05, 0.1) is 35.9 Å². The molecule has 0 aromatic rings. The smallest absolute Gasteiger partial charge is 0.304 e. The van der Waals surface area contributed by atoms with Gasteiger partial charge in [-0.25, -0.2) is 0 Å². The highest BCUT2D eigenvalue weighted by molar-refractivity contribution is 8.68. The van der Waals surface area contributed by atoms with Crippen molar-refractivity contribution in [3.63, 3.8) is 0 Å². The zero-order chi connectivity index (χ0) is 48.7. The van der Waals surface area contributed by atoms with Gasteiger partial charge in [-0.15, -0.1) is 5.11 Å². The van der Waals surface area contributed by atoms with E-state index >= 15 is 0 Å². The number of Topliss-reactive ketones (excluding diaryl/α,β-unsaturated/α-hetero) is 2. The maximum absolute atomic E-state index is 12.9. The van der Waals surface area contributed by atoms with Crippen LogP contribution in [0.4, 0.5) is 0 Å². The summed E-state index contributed by atoms with van der Waals surface area (Å²) in [5.74, 6) is -5.85. The maximum atomic E-state index is 12.9. The molecule has 8 rings (SSSR count). The highest BCUT2D eigenvalue weighted by atomic mass is 33.4. The van der Waals surface area contributed by atoms with E-state index in [1.165, 1.54) is 31.6 Å². The molecule has 0 saturated heterocycles. The van der Waals surface area contributed by atoms with Crippen LogP contribution < -0.4 is 0 Å². The summed E-state index contributed by atoms with van der Waals surface area (Å²) >= 11 is 9.14. The van der Waals surface area contributed by atoms with E-state index < -0.39 is 86.5 Å². The van der Waals surface area contributed by atoms with E-state index in [1.54, 1.807) is 58.7 Å². The summed E-state index contributed by atoms with van der Waals surface area (Å²) in [7, 11) is 7.36. The van der Waals surface area contributed by atoms with Crippen LogP contribution in [0.1, 0.15) is 110 Å². The Kier molecular flexibility index (Phi) is 17.2. The number of azo groups is 1. The topological polar surface area (TPSA) is 233 Å². The van der Waals surface area contributed by atoms with Crippen LogP contribution in [0.25, 0.3) is 0 Å². The lowest BCUT2D eigenvalue weighted by Crippen LogP contribution is -2.67. The van der Waals surface area contributed by atoms with Gasteiger partial charge in [-0.05, 0) is 68.2 Å². The Morgan fingerprint density at radius 1 is 0.687 bits per heavy atom. The van der Waals surface area contributed by atoms with Gasteiger partial charge in [-0.1, -0.05) is 66.9 Å². The molecule has 0 bridgehead atoms. The monoisotopic (exact) mass is 1060 g/mol. The molecule has 0 amide bonds. The first-order chi connectivity index (χ1) is 30.1. The summed E-state index contributed by atoms with van der Waals surface area (Å²) in [6.07, 6.45) is 7.57. The second-order valence-electron chi connectivity index (χ2n) is 20.3. The first-order valence-corrected chi connectivity index (χ1v) is 29.5. The second kappa shape index (κ2) is 20.0. The SMILES string of the molecule is C.C.CC(=O)O[C@@]12C[C@@H](C)[C@@]3(O)[C@@H](C=C(CO)C[C@]4(O)C(=O)C(C)=C[C@@H]34)[C@@H]1C(C)(C)N=N2.CC(=O)O[C@@]12C[C@@H](C)[C@@]3(O)[C@@H](C=C(CO)C[C@]4(O)C(=O)C(C)=C[C@@H]34)[C@@H]1C2(C)C.S=S=S=S=S=S=S. The predicted octanol–water partition coefficient (Wildman–Crippen LogP) is 4.48. The van der Waals surface area contributed by atoms with Gasteiger partial charge < -0.3 is 40.1 Å². The zero-order valence-electron chi connectivity index (χ0n) is 38.1. The highest BCUT2D eigenvalue weighted by Gasteiger charge is 2.83. The summed E-state index contributed by atoms with van der Waals surface area (Å²) in [4.78, 5) is 49.6. The number of rotatable bonds is 4. The van der Waals surface area contributed by atoms with Crippen molar-refractivity contribution >= 4 is 90.3 Å². The fourth-order valence-corrected chi connectivity index (χ4v) is 21.6. The van der Waals surface area contributed by atoms with E-state index in [4.69, 9.17) is 9.47 Å². The molecule has 67 heavy (non-hydrogen) atoms. The average molecular weight is 1070 g/mol. The van der Waals surface area contributed by atoms with E-state index in [2.05, 4.69) is 32.6 Å². The Bertz CT molecular complexity index is 2440. The molecular formula is C46H68N2O12S7. The number of nitrogens with zero attached hydrogens (tertiary/aromatic N) is 2. The van der Waals surface area contributed by atoms with Gasteiger partial charge in [0.2, 0.25) is 5.72 Å². The third-order valence-corrected chi connectivity index (χ3v) is 24.8. The van der Waals surface area contributed by atoms with Crippen LogP contribution in [0.3, 0.4) is 0 Å². The lowest BCUT2D eigenvalue weighted by atomic mass is 9.52. The summed E-state index contributed by atoms with van der Waals surface area (Å²) in [6, 6.07) is 0. The van der Waals surface area contributed by atoms with E-state index in [9.17, 15) is 49.8 Å². The molecule has 3 fully saturated rings. The minimum Gasteiger partial charge on any atom is -0.458 e. The van der Waals surface area contributed by atoms with Crippen molar-refractivity contribution in [2.45, 2.75) is 149 Å². The highest BCUT2D eigenvalue weighted by Crippen LogP contribution is 2.76. The van der Waals surface area contributed by atoms with E-state index in [-0.39, 0.29) is 76.3 Å². The minimum atomic E-state index is -1.82. The van der Waals surface area contributed by atoms with E-state index in [1.807, 2.05) is 47.6 Å². The predicted molar refractivity (Wildman–Crippen MR) is 272 cm³/mol. The fraction of sp³-hybridized carbons (Fsp3) is 0.739. The molecule has 3 saturated carbocycles. The number of aliphatic hydroxyl groups is 6. The van der Waals surface area contributed by atoms with Crippen LogP contribution in [0, 0.1) is 52.8 Å². The molecule has 1 aliphatic heterocycles. The van der Waals surface area contributed by atoms with Crippen molar-refractivity contribution in [1.82, 2.24) is 0 Å². The number of ketones is 2. The number of aliphatic hydroxyl groups excluding tert-OH is 2.